The molecule has 1 N–H and O–H groups in total. The molecule has 0 radical (unpaired) electrons. The van der Waals surface area contributed by atoms with E-state index in [1.54, 1.807) is 0 Å². The molecule has 0 unspecified atom stereocenters. The number of benzene rings is 2. The minimum Gasteiger partial charge on any atom is -0.481 e. The zero-order valence-electron chi connectivity index (χ0n) is 13.0. The van der Waals surface area contributed by atoms with Gasteiger partial charge in [0.25, 0.3) is 0 Å². The van der Waals surface area contributed by atoms with Crippen LogP contribution in [-0.2, 0) is 24.2 Å². The first kappa shape index (κ1) is 16.3. The van der Waals surface area contributed by atoms with Gasteiger partial charge in [-0.3, -0.25) is 4.79 Å². The van der Waals surface area contributed by atoms with Crippen molar-refractivity contribution in [3.8, 4) is 11.4 Å². The third-order valence-corrected chi connectivity index (χ3v) is 4.14. The molecule has 1 aromatic heterocycles. The van der Waals surface area contributed by atoms with Gasteiger partial charge in [-0.05, 0) is 12.0 Å². The van der Waals surface area contributed by atoms with Gasteiger partial charge < -0.3 is 9.67 Å². The number of carboxylic acids is 1. The summed E-state index contributed by atoms with van der Waals surface area (Å²) in [6.07, 6.45) is 0.632. The molecule has 4 nitrogen and oxygen atoms in total. The molecule has 122 valence electrons. The molecule has 0 aliphatic rings. The van der Waals surface area contributed by atoms with Crippen molar-refractivity contribution in [2.75, 3.05) is 0 Å². The van der Waals surface area contributed by atoms with Crippen molar-refractivity contribution >= 4 is 17.6 Å². The van der Waals surface area contributed by atoms with Crippen molar-refractivity contribution in [2.24, 2.45) is 0 Å². The number of carboxylic acid groups (broad SMARTS) is 1. The summed E-state index contributed by atoms with van der Waals surface area (Å²) >= 11 is 6.23. The molecule has 0 atom stereocenters. The van der Waals surface area contributed by atoms with E-state index in [4.69, 9.17) is 11.6 Å². The van der Waals surface area contributed by atoms with E-state index in [1.807, 2.05) is 53.1 Å². The van der Waals surface area contributed by atoms with Crippen LogP contribution in [0.2, 0.25) is 5.15 Å². The molecule has 1 heterocycles. The Bertz CT molecular complexity index is 829. The molecule has 0 amide bonds. The molecule has 0 fully saturated rings. The first-order valence-corrected chi connectivity index (χ1v) is 8.09. The quantitative estimate of drug-likeness (QED) is 0.735. The van der Waals surface area contributed by atoms with Crippen LogP contribution in [0.15, 0.2) is 60.7 Å². The Morgan fingerprint density at radius 2 is 1.67 bits per heavy atom. The van der Waals surface area contributed by atoms with Crippen LogP contribution in [0.1, 0.15) is 11.3 Å². The maximum atomic E-state index is 11.2. The van der Waals surface area contributed by atoms with Crippen LogP contribution >= 0.6 is 11.6 Å². The molecule has 24 heavy (non-hydrogen) atoms. The van der Waals surface area contributed by atoms with Gasteiger partial charge in [0.15, 0.2) is 5.15 Å². The third kappa shape index (κ3) is 3.66. The van der Waals surface area contributed by atoms with Crippen molar-refractivity contribution in [3.05, 3.63) is 77.1 Å². The molecule has 5 heteroatoms. The predicted octanol–water partition coefficient (Wildman–Crippen LogP) is 4.07. The number of halogens is 1. The molecule has 0 aliphatic heterocycles. The molecule has 0 saturated carbocycles. The number of hydrogen-bond donors (Lipinski definition) is 1. The first-order chi connectivity index (χ1) is 11.6. The lowest BCUT2D eigenvalue weighted by Crippen LogP contribution is -2.11. The Balaban J connectivity index is 1.98. The number of imidazole rings is 1. The lowest BCUT2D eigenvalue weighted by molar-refractivity contribution is -0.136. The van der Waals surface area contributed by atoms with Crippen molar-refractivity contribution in [1.82, 2.24) is 9.55 Å². The molecule has 0 bridgehead atoms. The summed E-state index contributed by atoms with van der Waals surface area (Å²) < 4.78 is 1.92. The number of carbonyl (C=O) groups is 1. The number of nitrogens with zero attached hydrogens (tertiary/aromatic N) is 2. The summed E-state index contributed by atoms with van der Waals surface area (Å²) in [7, 11) is 0. The highest BCUT2D eigenvalue weighted by Gasteiger charge is 2.19. The Morgan fingerprint density at radius 3 is 2.29 bits per heavy atom. The Hall–Kier alpha value is -2.59. The number of aromatic nitrogens is 2. The SMILES string of the molecule is O=C(O)Cc1c(Cl)nc(-c2ccccc2)n1CCc1ccccc1. The van der Waals surface area contributed by atoms with E-state index in [-0.39, 0.29) is 11.6 Å². The van der Waals surface area contributed by atoms with Gasteiger partial charge in [-0.2, -0.15) is 0 Å². The zero-order chi connectivity index (χ0) is 16.9. The average Bonchev–Trinajstić information content (AvgIpc) is 2.90. The van der Waals surface area contributed by atoms with Crippen molar-refractivity contribution in [3.63, 3.8) is 0 Å². The van der Waals surface area contributed by atoms with Crippen LogP contribution in [-0.4, -0.2) is 20.6 Å². The highest BCUT2D eigenvalue weighted by Crippen LogP contribution is 2.26. The summed E-state index contributed by atoms with van der Waals surface area (Å²) in [5.41, 5.74) is 2.64. The monoisotopic (exact) mass is 340 g/mol. The number of aryl methyl sites for hydroxylation is 1. The normalized spacial score (nSPS) is 10.7. The Morgan fingerprint density at radius 1 is 1.04 bits per heavy atom. The van der Waals surface area contributed by atoms with Crippen LogP contribution in [0.3, 0.4) is 0 Å². The topological polar surface area (TPSA) is 55.1 Å². The van der Waals surface area contributed by atoms with E-state index in [1.165, 1.54) is 5.56 Å². The van der Waals surface area contributed by atoms with E-state index in [0.29, 0.717) is 18.1 Å². The highest BCUT2D eigenvalue weighted by molar-refractivity contribution is 6.30. The number of hydrogen-bond acceptors (Lipinski definition) is 2. The smallest absolute Gasteiger partial charge is 0.309 e. The second-order valence-corrected chi connectivity index (χ2v) is 5.85. The minimum absolute atomic E-state index is 0.145. The summed E-state index contributed by atoms with van der Waals surface area (Å²) in [6, 6.07) is 19.7. The highest BCUT2D eigenvalue weighted by atomic mass is 35.5. The second-order valence-electron chi connectivity index (χ2n) is 5.50. The Kier molecular flexibility index (Phi) is 4.96. The van der Waals surface area contributed by atoms with Crippen LogP contribution in [0.25, 0.3) is 11.4 Å². The summed E-state index contributed by atoms with van der Waals surface area (Å²) in [4.78, 5) is 15.6. The van der Waals surface area contributed by atoms with Gasteiger partial charge in [0, 0.05) is 12.1 Å². The van der Waals surface area contributed by atoms with Gasteiger partial charge in [-0.15, -0.1) is 0 Å². The molecule has 3 rings (SSSR count). The standard InChI is InChI=1S/C19H17ClN2O2/c20-18-16(13-17(23)24)22(12-11-14-7-3-1-4-8-14)19(21-18)15-9-5-2-6-10-15/h1-10H,11-13H2,(H,23,24). The van der Waals surface area contributed by atoms with Crippen molar-refractivity contribution in [1.29, 1.82) is 0 Å². The Labute approximate surface area is 145 Å². The van der Waals surface area contributed by atoms with Gasteiger partial charge >= 0.3 is 5.97 Å². The molecular weight excluding hydrogens is 324 g/mol. The molecular formula is C19H17ClN2O2. The van der Waals surface area contributed by atoms with E-state index in [9.17, 15) is 9.90 Å². The van der Waals surface area contributed by atoms with Crippen molar-refractivity contribution < 1.29 is 9.90 Å². The van der Waals surface area contributed by atoms with E-state index in [0.717, 1.165) is 12.0 Å². The molecule has 2 aromatic carbocycles. The maximum absolute atomic E-state index is 11.2. The van der Waals surface area contributed by atoms with Crippen molar-refractivity contribution in [2.45, 2.75) is 19.4 Å². The van der Waals surface area contributed by atoms with Crippen LogP contribution in [0.5, 0.6) is 0 Å². The second kappa shape index (κ2) is 7.32. The van der Waals surface area contributed by atoms with Gasteiger partial charge in [0.2, 0.25) is 0 Å². The van der Waals surface area contributed by atoms with Gasteiger partial charge in [-0.1, -0.05) is 72.3 Å². The lowest BCUT2D eigenvalue weighted by atomic mass is 10.1. The first-order valence-electron chi connectivity index (χ1n) is 7.71. The average molecular weight is 341 g/mol. The number of aliphatic carboxylic acids is 1. The van der Waals surface area contributed by atoms with E-state index >= 15 is 0 Å². The van der Waals surface area contributed by atoms with E-state index in [2.05, 4.69) is 17.1 Å². The zero-order valence-corrected chi connectivity index (χ0v) is 13.8. The molecule has 0 aliphatic carbocycles. The van der Waals surface area contributed by atoms with Gasteiger partial charge in [0.05, 0.1) is 12.1 Å². The minimum atomic E-state index is -0.919. The molecule has 0 spiro atoms. The molecule has 0 saturated heterocycles. The third-order valence-electron chi connectivity index (χ3n) is 3.84. The predicted molar refractivity (Wildman–Crippen MR) is 94.2 cm³/mol. The van der Waals surface area contributed by atoms with Crippen LogP contribution in [0, 0.1) is 0 Å². The van der Waals surface area contributed by atoms with Gasteiger partial charge in [-0.25, -0.2) is 4.98 Å². The number of rotatable bonds is 6. The summed E-state index contributed by atoms with van der Waals surface area (Å²) in [5.74, 6) is -0.217. The largest absolute Gasteiger partial charge is 0.481 e. The maximum Gasteiger partial charge on any atom is 0.309 e. The van der Waals surface area contributed by atoms with Crippen LogP contribution < -0.4 is 0 Å². The van der Waals surface area contributed by atoms with E-state index < -0.39 is 5.97 Å². The fraction of sp³-hybridized carbons (Fsp3) is 0.158. The fourth-order valence-electron chi connectivity index (χ4n) is 2.70. The van der Waals surface area contributed by atoms with Gasteiger partial charge in [0.1, 0.15) is 5.82 Å². The fourth-order valence-corrected chi connectivity index (χ4v) is 2.95. The van der Waals surface area contributed by atoms with Crippen LogP contribution in [0.4, 0.5) is 0 Å². The summed E-state index contributed by atoms with van der Waals surface area (Å²) in [6.45, 7) is 0.622. The summed E-state index contributed by atoms with van der Waals surface area (Å²) in [5, 5.41) is 9.44. The molecule has 3 aromatic rings. The lowest BCUT2D eigenvalue weighted by Gasteiger charge is -2.11.